The van der Waals surface area contributed by atoms with Crippen LogP contribution in [0.2, 0.25) is 0 Å². The molecule has 1 aliphatic heterocycles. The second-order valence-electron chi connectivity index (χ2n) is 6.98. The van der Waals surface area contributed by atoms with E-state index in [0.717, 1.165) is 41.1 Å². The molecule has 28 heavy (non-hydrogen) atoms. The summed E-state index contributed by atoms with van der Waals surface area (Å²) in [6.45, 7) is 2.47. The van der Waals surface area contributed by atoms with Gasteiger partial charge in [0.25, 0.3) is 0 Å². The van der Waals surface area contributed by atoms with Crippen LogP contribution in [0.5, 0.6) is 5.75 Å². The number of benzene rings is 1. The number of likely N-dealkylation sites (tertiary alicyclic amines) is 1. The van der Waals surface area contributed by atoms with Crippen LogP contribution in [0.3, 0.4) is 0 Å². The molecule has 1 aromatic carbocycles. The molecule has 0 radical (unpaired) electrons. The largest absolute Gasteiger partial charge is 0.497 e. The zero-order chi connectivity index (χ0) is 19.5. The Morgan fingerprint density at radius 1 is 1.25 bits per heavy atom. The van der Waals surface area contributed by atoms with E-state index in [1.54, 1.807) is 19.5 Å². The van der Waals surface area contributed by atoms with E-state index in [9.17, 15) is 4.79 Å². The van der Waals surface area contributed by atoms with Gasteiger partial charge >= 0.3 is 0 Å². The van der Waals surface area contributed by atoms with Gasteiger partial charge in [0.2, 0.25) is 5.91 Å². The molecular formula is C20H24N6O2. The number of fused-ring (bicyclic) bond motifs is 1. The molecule has 1 aliphatic rings. The number of hydrogen-bond acceptors (Lipinski definition) is 6. The molecule has 1 atom stereocenters. The van der Waals surface area contributed by atoms with Crippen molar-refractivity contribution in [1.29, 1.82) is 0 Å². The van der Waals surface area contributed by atoms with Crippen LogP contribution in [0, 0.1) is 0 Å². The quantitative estimate of drug-likeness (QED) is 0.693. The van der Waals surface area contributed by atoms with Gasteiger partial charge in [-0.05, 0) is 24.1 Å². The Kier molecular flexibility index (Phi) is 5.21. The smallest absolute Gasteiger partial charge is 0.227 e. The summed E-state index contributed by atoms with van der Waals surface area (Å²) in [7, 11) is 1.63. The van der Waals surface area contributed by atoms with Crippen molar-refractivity contribution in [3.8, 4) is 5.75 Å². The molecule has 0 spiro atoms. The second-order valence-corrected chi connectivity index (χ2v) is 6.98. The van der Waals surface area contributed by atoms with Crippen LogP contribution >= 0.6 is 0 Å². The van der Waals surface area contributed by atoms with Gasteiger partial charge in [0.1, 0.15) is 11.3 Å². The van der Waals surface area contributed by atoms with Gasteiger partial charge in [-0.25, -0.2) is 14.6 Å². The molecule has 3 heterocycles. The minimum atomic E-state index is 0.129. The molecule has 1 unspecified atom stereocenters. The number of amides is 1. The lowest BCUT2D eigenvalue weighted by molar-refractivity contribution is -0.129. The van der Waals surface area contributed by atoms with E-state index in [4.69, 9.17) is 15.6 Å². The highest BCUT2D eigenvalue weighted by Crippen LogP contribution is 2.30. The summed E-state index contributed by atoms with van der Waals surface area (Å²) in [5.41, 5.74) is 9.16. The summed E-state index contributed by atoms with van der Waals surface area (Å²) in [5.74, 6) is 1.08. The third-order valence-corrected chi connectivity index (χ3v) is 5.18. The fraction of sp³-hybridized carbons (Fsp3) is 0.400. The highest BCUT2D eigenvalue weighted by molar-refractivity contribution is 5.79. The molecule has 146 valence electrons. The first kappa shape index (κ1) is 18.4. The fourth-order valence-electron chi connectivity index (χ4n) is 3.72. The summed E-state index contributed by atoms with van der Waals surface area (Å²) >= 11 is 0. The van der Waals surface area contributed by atoms with Crippen molar-refractivity contribution in [3.63, 3.8) is 0 Å². The minimum Gasteiger partial charge on any atom is -0.497 e. The summed E-state index contributed by atoms with van der Waals surface area (Å²) in [6.07, 6.45) is 4.61. The Morgan fingerprint density at radius 3 is 2.79 bits per heavy atom. The Balaban J connectivity index is 1.48. The molecule has 0 aliphatic carbocycles. The van der Waals surface area contributed by atoms with Gasteiger partial charge in [0, 0.05) is 37.9 Å². The number of rotatable bonds is 6. The second kappa shape index (κ2) is 7.93. The average Bonchev–Trinajstić information content (AvgIpc) is 3.34. The molecular weight excluding hydrogens is 356 g/mol. The molecule has 0 bridgehead atoms. The molecule has 1 amide bonds. The van der Waals surface area contributed by atoms with E-state index in [1.807, 2.05) is 33.8 Å². The normalized spacial score (nSPS) is 16.6. The summed E-state index contributed by atoms with van der Waals surface area (Å²) < 4.78 is 6.99. The first-order valence-electron chi connectivity index (χ1n) is 9.47. The summed E-state index contributed by atoms with van der Waals surface area (Å²) in [4.78, 5) is 23.5. The van der Waals surface area contributed by atoms with Crippen LogP contribution in [0.15, 0.2) is 36.7 Å². The molecule has 4 rings (SSSR count). The maximum atomic E-state index is 12.7. The minimum absolute atomic E-state index is 0.129. The zero-order valence-electron chi connectivity index (χ0n) is 15.9. The number of nitrogens with zero attached hydrogens (tertiary/aromatic N) is 5. The van der Waals surface area contributed by atoms with E-state index in [0.29, 0.717) is 26.1 Å². The van der Waals surface area contributed by atoms with Crippen molar-refractivity contribution < 1.29 is 9.53 Å². The number of hydrogen-bond donors (Lipinski definition) is 1. The van der Waals surface area contributed by atoms with Crippen molar-refractivity contribution in [1.82, 2.24) is 24.6 Å². The topological polar surface area (TPSA) is 99.2 Å². The Morgan fingerprint density at radius 2 is 2.04 bits per heavy atom. The zero-order valence-corrected chi connectivity index (χ0v) is 15.9. The van der Waals surface area contributed by atoms with Crippen molar-refractivity contribution in [2.24, 2.45) is 5.73 Å². The molecule has 1 fully saturated rings. The van der Waals surface area contributed by atoms with Gasteiger partial charge in [-0.1, -0.05) is 12.1 Å². The maximum absolute atomic E-state index is 12.7. The predicted octanol–water partition coefficient (Wildman–Crippen LogP) is 1.35. The van der Waals surface area contributed by atoms with Gasteiger partial charge in [-0.3, -0.25) is 4.79 Å². The van der Waals surface area contributed by atoms with Crippen molar-refractivity contribution >= 4 is 17.1 Å². The predicted molar refractivity (Wildman–Crippen MR) is 105 cm³/mol. The Labute approximate surface area is 163 Å². The lowest BCUT2D eigenvalue weighted by Gasteiger charge is -2.16. The van der Waals surface area contributed by atoms with Crippen molar-refractivity contribution in [2.45, 2.75) is 25.3 Å². The number of carbonyl (C=O) groups excluding carboxylic acids is 1. The summed E-state index contributed by atoms with van der Waals surface area (Å²) in [5, 5.41) is 4.72. The average molecular weight is 380 g/mol. The van der Waals surface area contributed by atoms with Crippen LogP contribution in [0.25, 0.3) is 11.2 Å². The van der Waals surface area contributed by atoms with Gasteiger partial charge in [0.05, 0.1) is 25.8 Å². The van der Waals surface area contributed by atoms with Gasteiger partial charge in [-0.2, -0.15) is 5.10 Å². The highest BCUT2D eigenvalue weighted by atomic mass is 16.5. The van der Waals surface area contributed by atoms with Crippen LogP contribution in [-0.2, 0) is 17.8 Å². The summed E-state index contributed by atoms with van der Waals surface area (Å²) in [6, 6.07) is 7.62. The first-order valence-corrected chi connectivity index (χ1v) is 9.47. The molecule has 2 N–H and O–H groups in total. The van der Waals surface area contributed by atoms with Crippen LogP contribution in [0.1, 0.15) is 23.6 Å². The SMILES string of the molecule is COc1ccc(CC(=O)N2CCC(c3nn(CCN)c4nccnc34)C2)cc1. The molecule has 8 heteroatoms. The van der Waals surface area contributed by atoms with Gasteiger partial charge in [0.15, 0.2) is 5.65 Å². The number of methoxy groups -OCH3 is 1. The standard InChI is InChI=1S/C20H24N6O2/c1-28-16-4-2-14(3-5-16)12-17(27)25-10-6-15(13-25)18-19-20(23-9-8-22-19)26(24-18)11-7-21/h2-5,8-9,15H,6-7,10-13,21H2,1H3. The van der Waals surface area contributed by atoms with Crippen molar-refractivity contribution in [3.05, 3.63) is 47.9 Å². The van der Waals surface area contributed by atoms with Crippen LogP contribution in [-0.4, -0.2) is 57.3 Å². The lowest BCUT2D eigenvalue weighted by Crippen LogP contribution is -2.29. The number of nitrogens with two attached hydrogens (primary N) is 1. The van der Waals surface area contributed by atoms with Gasteiger partial charge in [-0.15, -0.1) is 0 Å². The maximum Gasteiger partial charge on any atom is 0.227 e. The number of ether oxygens (including phenoxy) is 1. The number of aromatic nitrogens is 4. The molecule has 8 nitrogen and oxygen atoms in total. The lowest BCUT2D eigenvalue weighted by atomic mass is 10.0. The third kappa shape index (κ3) is 3.55. The first-order chi connectivity index (χ1) is 13.7. The van der Waals surface area contributed by atoms with Crippen LogP contribution < -0.4 is 10.5 Å². The van der Waals surface area contributed by atoms with E-state index in [2.05, 4.69) is 9.97 Å². The van der Waals surface area contributed by atoms with E-state index >= 15 is 0 Å². The highest BCUT2D eigenvalue weighted by Gasteiger charge is 2.31. The molecule has 3 aromatic rings. The fourth-order valence-corrected chi connectivity index (χ4v) is 3.72. The third-order valence-electron chi connectivity index (χ3n) is 5.18. The Bertz CT molecular complexity index is 968. The monoisotopic (exact) mass is 380 g/mol. The molecule has 0 saturated carbocycles. The van der Waals surface area contributed by atoms with E-state index in [-0.39, 0.29) is 11.8 Å². The van der Waals surface area contributed by atoms with Gasteiger partial charge < -0.3 is 15.4 Å². The number of carbonyl (C=O) groups is 1. The van der Waals surface area contributed by atoms with E-state index < -0.39 is 0 Å². The van der Waals surface area contributed by atoms with Crippen LogP contribution in [0.4, 0.5) is 0 Å². The molecule has 1 saturated heterocycles. The Hall–Kier alpha value is -3.00. The van der Waals surface area contributed by atoms with Crippen molar-refractivity contribution in [2.75, 3.05) is 26.7 Å². The van der Waals surface area contributed by atoms with E-state index in [1.165, 1.54) is 0 Å². The molecule has 2 aromatic heterocycles.